The second kappa shape index (κ2) is 11.4. The van der Waals surface area contributed by atoms with E-state index < -0.39 is 34.9 Å². The minimum absolute atomic E-state index is 0.0273. The van der Waals surface area contributed by atoms with Crippen molar-refractivity contribution in [2.24, 2.45) is 0 Å². The lowest BCUT2D eigenvalue weighted by Gasteiger charge is -2.18. The van der Waals surface area contributed by atoms with Crippen LogP contribution in [0.5, 0.6) is 0 Å². The number of rotatable bonds is 7. The van der Waals surface area contributed by atoms with Gasteiger partial charge in [-0.25, -0.2) is 9.67 Å². The Kier molecular flexibility index (Phi) is 7.65. The fourth-order valence-corrected chi connectivity index (χ4v) is 5.26. The number of benzene rings is 3. The highest BCUT2D eigenvalue weighted by Gasteiger charge is 2.42. The highest BCUT2D eigenvalue weighted by molar-refractivity contribution is 6.40. The van der Waals surface area contributed by atoms with Crippen LogP contribution in [-0.4, -0.2) is 32.1 Å². The molecule has 5 aromatic rings. The molecule has 0 radical (unpaired) electrons. The van der Waals surface area contributed by atoms with Crippen LogP contribution in [0.2, 0.25) is 10.0 Å². The third-order valence-corrected chi connectivity index (χ3v) is 7.87. The summed E-state index contributed by atoms with van der Waals surface area (Å²) in [5.41, 5.74) is -1.49. The first-order valence-electron chi connectivity index (χ1n) is 13.4. The van der Waals surface area contributed by atoms with Crippen LogP contribution < -0.4 is 10.6 Å². The number of hydrogen-bond donors (Lipinski definition) is 2. The first-order valence-corrected chi connectivity index (χ1v) is 14.2. The zero-order valence-corrected chi connectivity index (χ0v) is 24.2. The Balaban J connectivity index is 1.39. The molecule has 2 heterocycles. The van der Waals surface area contributed by atoms with Gasteiger partial charge in [-0.15, -0.1) is 0 Å². The second-order valence-corrected chi connectivity index (χ2v) is 11.1. The van der Waals surface area contributed by atoms with E-state index in [2.05, 4.69) is 20.7 Å². The summed E-state index contributed by atoms with van der Waals surface area (Å²) in [4.78, 5) is 31.4. The molecule has 0 atom stereocenters. The number of nitrogens with zero attached hydrogens (tertiary/aromatic N) is 3. The molecule has 1 saturated carbocycles. The van der Waals surface area contributed by atoms with Crippen LogP contribution in [0.3, 0.4) is 0 Å². The van der Waals surface area contributed by atoms with E-state index >= 15 is 0 Å². The van der Waals surface area contributed by atoms with Crippen LogP contribution in [0.4, 0.5) is 18.9 Å². The predicted molar refractivity (Wildman–Crippen MR) is 163 cm³/mol. The van der Waals surface area contributed by atoms with Crippen molar-refractivity contribution in [3.05, 3.63) is 124 Å². The standard InChI is InChI=1S/C32H22Cl2F3N5O2/c33-23-11-6-16-38-28(23)42-24(18-25(41-42)32(35,36)37)30(44)39-27-22(17-20-9-4-5-10-21(20)26(27)34)29(43)40-31(14-15-31)13-12-19-7-2-1-3-8-19/h1-13,16-18H,14-15H2,(H,39,44)(H,40,43)/b13-12+. The summed E-state index contributed by atoms with van der Waals surface area (Å²) < 4.78 is 41.8. The normalized spacial score (nSPS) is 14.1. The number of aromatic nitrogens is 3. The lowest BCUT2D eigenvalue weighted by Crippen LogP contribution is -2.36. The smallest absolute Gasteiger partial charge is 0.343 e. The summed E-state index contributed by atoms with van der Waals surface area (Å²) in [5.74, 6) is -1.70. The van der Waals surface area contributed by atoms with Crippen LogP contribution in [0.15, 0.2) is 91.1 Å². The number of pyridine rings is 1. The molecule has 1 aliphatic carbocycles. The van der Waals surface area contributed by atoms with Crippen LogP contribution in [0.1, 0.15) is 44.9 Å². The highest BCUT2D eigenvalue weighted by Crippen LogP contribution is 2.40. The maximum atomic E-state index is 13.8. The molecule has 1 fully saturated rings. The first-order chi connectivity index (χ1) is 21.0. The molecule has 0 spiro atoms. The van der Waals surface area contributed by atoms with Crippen LogP contribution in [0, 0.1) is 0 Å². The summed E-state index contributed by atoms with van der Waals surface area (Å²) in [7, 11) is 0. The van der Waals surface area contributed by atoms with Crippen LogP contribution >= 0.6 is 23.2 Å². The van der Waals surface area contributed by atoms with E-state index in [4.69, 9.17) is 23.2 Å². The van der Waals surface area contributed by atoms with Gasteiger partial charge in [0.25, 0.3) is 11.8 Å². The highest BCUT2D eigenvalue weighted by atomic mass is 35.5. The lowest BCUT2D eigenvalue weighted by molar-refractivity contribution is -0.141. The van der Waals surface area contributed by atoms with Crippen molar-refractivity contribution >= 4 is 57.6 Å². The molecule has 44 heavy (non-hydrogen) atoms. The van der Waals surface area contributed by atoms with E-state index in [0.717, 1.165) is 5.56 Å². The molecule has 222 valence electrons. The van der Waals surface area contributed by atoms with Gasteiger partial charge in [0, 0.05) is 17.6 Å². The molecule has 1 aliphatic rings. The largest absolute Gasteiger partial charge is 0.435 e. The number of anilines is 1. The molecule has 6 rings (SSSR count). The van der Waals surface area contributed by atoms with Gasteiger partial charge in [0.05, 0.1) is 26.8 Å². The molecule has 2 N–H and O–H groups in total. The number of nitrogens with one attached hydrogen (secondary N) is 2. The van der Waals surface area contributed by atoms with Crippen molar-refractivity contribution < 1.29 is 22.8 Å². The van der Waals surface area contributed by atoms with Gasteiger partial charge >= 0.3 is 6.18 Å². The van der Waals surface area contributed by atoms with Crippen molar-refractivity contribution in [1.29, 1.82) is 0 Å². The summed E-state index contributed by atoms with van der Waals surface area (Å²) in [6, 6.07) is 21.7. The Morgan fingerprint density at radius 2 is 1.66 bits per heavy atom. The average Bonchev–Trinajstić information content (AvgIpc) is 3.61. The van der Waals surface area contributed by atoms with Gasteiger partial charge in [0.15, 0.2) is 11.5 Å². The van der Waals surface area contributed by atoms with E-state index in [9.17, 15) is 22.8 Å². The average molecular weight is 636 g/mol. The number of hydrogen-bond acceptors (Lipinski definition) is 4. The molecule has 12 heteroatoms. The van der Waals surface area contributed by atoms with Gasteiger partial charge in [-0.2, -0.15) is 18.3 Å². The number of fused-ring (bicyclic) bond motifs is 1. The fourth-order valence-electron chi connectivity index (χ4n) is 4.74. The lowest BCUT2D eigenvalue weighted by atomic mass is 10.0. The van der Waals surface area contributed by atoms with Gasteiger partial charge in [-0.3, -0.25) is 9.59 Å². The number of alkyl halides is 3. The Bertz CT molecular complexity index is 1940. The molecular weight excluding hydrogens is 614 g/mol. The molecule has 3 aromatic carbocycles. The van der Waals surface area contributed by atoms with Gasteiger partial charge in [0.1, 0.15) is 5.69 Å². The topological polar surface area (TPSA) is 88.9 Å². The van der Waals surface area contributed by atoms with Crippen LogP contribution in [0.25, 0.3) is 22.7 Å². The van der Waals surface area contributed by atoms with Gasteiger partial charge in [-0.05, 0) is 42.0 Å². The zero-order chi connectivity index (χ0) is 31.1. The maximum Gasteiger partial charge on any atom is 0.435 e. The quantitative estimate of drug-likeness (QED) is 0.190. The van der Waals surface area contributed by atoms with Crippen molar-refractivity contribution in [2.45, 2.75) is 24.6 Å². The number of halogens is 5. The SMILES string of the molecule is O=C(NC1(/C=C/c2ccccc2)CC1)c1cc2ccccc2c(Cl)c1NC(=O)c1cc(C(F)(F)F)nn1-c1ncccc1Cl. The first kappa shape index (κ1) is 29.4. The summed E-state index contributed by atoms with van der Waals surface area (Å²) >= 11 is 13.0. The molecule has 0 saturated heterocycles. The van der Waals surface area contributed by atoms with Crippen LogP contribution in [-0.2, 0) is 6.18 Å². The van der Waals surface area contributed by atoms with E-state index in [1.165, 1.54) is 18.3 Å². The number of amides is 2. The van der Waals surface area contributed by atoms with Gasteiger partial charge < -0.3 is 10.6 Å². The Morgan fingerprint density at radius 3 is 2.36 bits per heavy atom. The molecular formula is C32H22Cl2F3N5O2. The fraction of sp³-hybridized carbons (Fsp3) is 0.125. The molecule has 2 aromatic heterocycles. The van der Waals surface area contributed by atoms with Gasteiger partial charge in [-0.1, -0.05) is 90.0 Å². The third kappa shape index (κ3) is 5.91. The van der Waals surface area contributed by atoms with Gasteiger partial charge in [0.2, 0.25) is 0 Å². The minimum Gasteiger partial charge on any atom is -0.343 e. The molecule has 0 unspecified atom stereocenters. The van der Waals surface area contributed by atoms with Crippen molar-refractivity contribution in [3.63, 3.8) is 0 Å². The van der Waals surface area contributed by atoms with Crippen molar-refractivity contribution in [1.82, 2.24) is 20.1 Å². The zero-order valence-electron chi connectivity index (χ0n) is 22.7. The van der Waals surface area contributed by atoms with E-state index in [0.29, 0.717) is 34.4 Å². The number of carbonyl (C=O) groups is 2. The molecule has 7 nitrogen and oxygen atoms in total. The Morgan fingerprint density at radius 1 is 0.932 bits per heavy atom. The Labute approximate surface area is 259 Å². The monoisotopic (exact) mass is 635 g/mol. The Hall–Kier alpha value is -4.67. The predicted octanol–water partition coefficient (Wildman–Crippen LogP) is 7.97. The van der Waals surface area contributed by atoms with E-state index in [1.54, 1.807) is 30.3 Å². The third-order valence-electron chi connectivity index (χ3n) is 7.19. The van der Waals surface area contributed by atoms with Crippen molar-refractivity contribution in [3.8, 4) is 5.82 Å². The van der Waals surface area contributed by atoms with E-state index in [1.807, 2.05) is 42.5 Å². The summed E-state index contributed by atoms with van der Waals surface area (Å²) in [5, 5.41) is 10.4. The summed E-state index contributed by atoms with van der Waals surface area (Å²) in [6.07, 6.45) is 1.70. The van der Waals surface area contributed by atoms with E-state index in [-0.39, 0.29) is 27.1 Å². The molecule has 0 bridgehead atoms. The molecule has 0 aliphatic heterocycles. The minimum atomic E-state index is -4.86. The van der Waals surface area contributed by atoms with Crippen molar-refractivity contribution in [2.75, 3.05) is 5.32 Å². The maximum absolute atomic E-state index is 13.8. The second-order valence-electron chi connectivity index (χ2n) is 10.3. The summed E-state index contributed by atoms with van der Waals surface area (Å²) in [6.45, 7) is 0. The number of carbonyl (C=O) groups excluding carboxylic acids is 2. The molecule has 2 amide bonds.